The molecule has 0 unspecified atom stereocenters. The topological polar surface area (TPSA) is 31.4 Å². The monoisotopic (exact) mass is 435 g/mol. The molecule has 4 rings (SSSR count). The van der Waals surface area contributed by atoms with E-state index < -0.39 is 0 Å². The fraction of sp³-hybridized carbons (Fsp3) is 0.167. The molecule has 0 aliphatic carbocycles. The third-order valence-electron chi connectivity index (χ3n) is 5.36. The van der Waals surface area contributed by atoms with Crippen LogP contribution in [0.15, 0.2) is 91.0 Å². The molecule has 3 heteroatoms. The van der Waals surface area contributed by atoms with Gasteiger partial charge in [0.05, 0.1) is 24.6 Å². The van der Waals surface area contributed by atoms with Gasteiger partial charge in [0.25, 0.3) is 0 Å². The lowest BCUT2D eigenvalue weighted by Crippen LogP contribution is -1.98. The number of allylic oxidation sites excluding steroid dienone is 1. The van der Waals surface area contributed by atoms with Crippen molar-refractivity contribution in [3.8, 4) is 33.9 Å². The lowest BCUT2D eigenvalue weighted by atomic mass is 9.99. The molecule has 0 spiro atoms. The lowest BCUT2D eigenvalue weighted by molar-refractivity contribution is 0.287. The first-order chi connectivity index (χ1) is 16.2. The van der Waals surface area contributed by atoms with E-state index in [1.165, 1.54) is 5.56 Å². The quantitative estimate of drug-likeness (QED) is 0.283. The maximum atomic E-state index is 5.80. The predicted molar refractivity (Wildman–Crippen MR) is 137 cm³/mol. The summed E-state index contributed by atoms with van der Waals surface area (Å²) in [4.78, 5) is 5.01. The Labute approximate surface area is 196 Å². The Morgan fingerprint density at radius 2 is 1.33 bits per heavy atom. The molecule has 166 valence electrons. The number of hydrogen-bond acceptors (Lipinski definition) is 3. The van der Waals surface area contributed by atoms with Gasteiger partial charge in [-0.3, -0.25) is 0 Å². The maximum absolute atomic E-state index is 5.80. The van der Waals surface area contributed by atoms with Gasteiger partial charge in [-0.05, 0) is 73.4 Å². The summed E-state index contributed by atoms with van der Waals surface area (Å²) in [7, 11) is 0. The van der Waals surface area contributed by atoms with E-state index in [-0.39, 0.29) is 0 Å². The Bertz CT molecular complexity index is 1170. The van der Waals surface area contributed by atoms with Gasteiger partial charge in [0, 0.05) is 5.56 Å². The van der Waals surface area contributed by atoms with Crippen molar-refractivity contribution < 1.29 is 9.47 Å². The Hall–Kier alpha value is -3.85. The van der Waals surface area contributed by atoms with Crippen LogP contribution in [0.5, 0.6) is 11.5 Å². The van der Waals surface area contributed by atoms with Gasteiger partial charge in [0.1, 0.15) is 0 Å². The van der Waals surface area contributed by atoms with E-state index in [4.69, 9.17) is 14.5 Å². The van der Waals surface area contributed by atoms with E-state index in [2.05, 4.69) is 67.6 Å². The van der Waals surface area contributed by atoms with E-state index in [9.17, 15) is 0 Å². The van der Waals surface area contributed by atoms with Crippen molar-refractivity contribution in [3.63, 3.8) is 0 Å². The summed E-state index contributed by atoms with van der Waals surface area (Å²) in [6.45, 7) is 7.25. The van der Waals surface area contributed by atoms with Crippen molar-refractivity contribution in [2.24, 2.45) is 0 Å². The zero-order valence-electron chi connectivity index (χ0n) is 19.4. The molecule has 0 aliphatic heterocycles. The van der Waals surface area contributed by atoms with Crippen LogP contribution in [0, 0.1) is 0 Å². The van der Waals surface area contributed by atoms with Crippen LogP contribution in [0.3, 0.4) is 0 Å². The normalized spacial score (nSPS) is 11.3. The molecule has 1 aromatic heterocycles. The van der Waals surface area contributed by atoms with Crippen LogP contribution in [0.25, 0.3) is 34.0 Å². The highest BCUT2D eigenvalue weighted by Gasteiger charge is 2.10. The van der Waals surface area contributed by atoms with E-state index in [1.54, 1.807) is 0 Å². The zero-order valence-corrected chi connectivity index (χ0v) is 19.4. The number of benzene rings is 3. The molecule has 33 heavy (non-hydrogen) atoms. The van der Waals surface area contributed by atoms with Crippen molar-refractivity contribution in [3.05, 3.63) is 102 Å². The second kappa shape index (κ2) is 10.6. The van der Waals surface area contributed by atoms with Gasteiger partial charge in [-0.2, -0.15) is 0 Å². The van der Waals surface area contributed by atoms with E-state index >= 15 is 0 Å². The second-order valence-electron chi connectivity index (χ2n) is 7.76. The molecule has 0 saturated heterocycles. The number of rotatable bonds is 8. The number of nitrogens with zero attached hydrogens (tertiary/aromatic N) is 1. The molecule has 4 aromatic rings. The van der Waals surface area contributed by atoms with Crippen LogP contribution in [-0.2, 0) is 0 Å². The maximum Gasteiger partial charge on any atom is 0.161 e. The molecular formula is C30H29NO2. The van der Waals surface area contributed by atoms with Crippen LogP contribution >= 0.6 is 0 Å². The molecular weight excluding hydrogens is 406 g/mol. The summed E-state index contributed by atoms with van der Waals surface area (Å²) < 4.78 is 11.5. The van der Waals surface area contributed by atoms with Crippen LogP contribution in [0.4, 0.5) is 0 Å². The highest BCUT2D eigenvalue weighted by atomic mass is 16.5. The summed E-state index contributed by atoms with van der Waals surface area (Å²) in [5, 5.41) is 0. The molecule has 3 nitrogen and oxygen atoms in total. The molecule has 0 amide bonds. The first-order valence-corrected chi connectivity index (χ1v) is 11.4. The number of ether oxygens (including phenoxy) is 2. The highest BCUT2D eigenvalue weighted by Crippen LogP contribution is 2.32. The molecule has 3 aromatic carbocycles. The van der Waals surface area contributed by atoms with E-state index in [1.807, 2.05) is 50.2 Å². The number of hydrogen-bond donors (Lipinski definition) is 0. The Morgan fingerprint density at radius 3 is 2.00 bits per heavy atom. The minimum absolute atomic E-state index is 0.591. The first-order valence-electron chi connectivity index (χ1n) is 11.4. The standard InChI is InChI=1S/C30H29NO2/c1-4-32-29-17-16-23(19-30(29)33-5-2)18-22(3)27-20-26(24-12-8-6-9-13-24)21-28(31-27)25-14-10-7-11-15-25/h6-21H,4-5H2,1-3H3/b22-18+. The Balaban J connectivity index is 1.77. The Morgan fingerprint density at radius 1 is 0.697 bits per heavy atom. The number of pyridine rings is 1. The zero-order chi connectivity index (χ0) is 23.0. The molecule has 0 atom stereocenters. The van der Waals surface area contributed by atoms with Crippen molar-refractivity contribution >= 4 is 11.6 Å². The van der Waals surface area contributed by atoms with Crippen LogP contribution in [-0.4, -0.2) is 18.2 Å². The minimum atomic E-state index is 0.591. The SMILES string of the molecule is CCOc1ccc(/C=C(\C)c2cc(-c3ccccc3)cc(-c3ccccc3)n2)cc1OCC. The molecule has 1 heterocycles. The fourth-order valence-electron chi connectivity index (χ4n) is 3.77. The van der Waals surface area contributed by atoms with Crippen molar-refractivity contribution in [1.82, 2.24) is 4.98 Å². The Kier molecular flexibility index (Phi) is 7.21. The lowest BCUT2D eigenvalue weighted by Gasteiger charge is -2.12. The minimum Gasteiger partial charge on any atom is -0.490 e. The van der Waals surface area contributed by atoms with Crippen LogP contribution in [0.1, 0.15) is 32.0 Å². The smallest absolute Gasteiger partial charge is 0.161 e. The van der Waals surface area contributed by atoms with Gasteiger partial charge >= 0.3 is 0 Å². The van der Waals surface area contributed by atoms with Gasteiger partial charge in [0.2, 0.25) is 0 Å². The fourth-order valence-corrected chi connectivity index (χ4v) is 3.77. The molecule has 0 saturated carbocycles. The van der Waals surface area contributed by atoms with Crippen LogP contribution in [0.2, 0.25) is 0 Å². The third-order valence-corrected chi connectivity index (χ3v) is 5.36. The largest absolute Gasteiger partial charge is 0.490 e. The van der Waals surface area contributed by atoms with Gasteiger partial charge in [-0.15, -0.1) is 0 Å². The van der Waals surface area contributed by atoms with Gasteiger partial charge in [0.15, 0.2) is 11.5 Å². The van der Waals surface area contributed by atoms with E-state index in [0.29, 0.717) is 13.2 Å². The van der Waals surface area contributed by atoms with Crippen molar-refractivity contribution in [2.45, 2.75) is 20.8 Å². The van der Waals surface area contributed by atoms with Crippen LogP contribution < -0.4 is 9.47 Å². The molecule has 0 bridgehead atoms. The number of aromatic nitrogens is 1. The molecule has 0 N–H and O–H groups in total. The molecule has 0 radical (unpaired) electrons. The third kappa shape index (κ3) is 5.50. The highest BCUT2D eigenvalue weighted by molar-refractivity contribution is 5.83. The first kappa shape index (κ1) is 22.3. The summed E-state index contributed by atoms with van der Waals surface area (Å²) in [6, 6.07) is 31.1. The van der Waals surface area contributed by atoms with Gasteiger partial charge in [-0.1, -0.05) is 66.7 Å². The van der Waals surface area contributed by atoms with Crippen molar-refractivity contribution in [1.29, 1.82) is 0 Å². The molecule has 0 aliphatic rings. The average molecular weight is 436 g/mol. The molecule has 0 fully saturated rings. The predicted octanol–water partition coefficient (Wildman–Crippen LogP) is 7.77. The van der Waals surface area contributed by atoms with E-state index in [0.717, 1.165) is 45.2 Å². The summed E-state index contributed by atoms with van der Waals surface area (Å²) >= 11 is 0. The van der Waals surface area contributed by atoms with Gasteiger partial charge in [-0.25, -0.2) is 4.98 Å². The average Bonchev–Trinajstić information content (AvgIpc) is 2.86. The van der Waals surface area contributed by atoms with Crippen molar-refractivity contribution in [2.75, 3.05) is 13.2 Å². The van der Waals surface area contributed by atoms with Gasteiger partial charge < -0.3 is 9.47 Å². The summed E-state index contributed by atoms with van der Waals surface area (Å²) in [5.74, 6) is 1.53. The second-order valence-corrected chi connectivity index (χ2v) is 7.76. The summed E-state index contributed by atoms with van der Waals surface area (Å²) in [5.41, 5.74) is 7.45. The summed E-state index contributed by atoms with van der Waals surface area (Å²) in [6.07, 6.45) is 2.14.